The number of aryl methyl sites for hydroxylation is 1. The molecule has 12 heteroatoms. The number of aliphatic hydroxyl groups is 2. The van der Waals surface area contributed by atoms with Crippen molar-refractivity contribution in [1.29, 1.82) is 0 Å². The van der Waals surface area contributed by atoms with Crippen molar-refractivity contribution in [2.24, 2.45) is 0 Å². The van der Waals surface area contributed by atoms with E-state index in [1.807, 2.05) is 21.3 Å². The fourth-order valence-electron chi connectivity index (χ4n) is 4.54. The monoisotopic (exact) mass is 518 g/mol. The molecule has 194 valence electrons. The number of nitrogens with zero attached hydrogens (tertiary/aromatic N) is 5. The van der Waals surface area contributed by atoms with Crippen LogP contribution in [0.4, 0.5) is 15.2 Å². The molecule has 0 bridgehead atoms. The third kappa shape index (κ3) is 5.36. The van der Waals surface area contributed by atoms with Gasteiger partial charge in [0, 0.05) is 62.8 Å². The predicted molar refractivity (Wildman–Crippen MR) is 139 cm³/mol. The van der Waals surface area contributed by atoms with E-state index >= 15 is 4.39 Å². The zero-order valence-corrected chi connectivity index (χ0v) is 21.0. The van der Waals surface area contributed by atoms with E-state index < -0.39 is 5.82 Å². The molecular weight excluding hydrogens is 487 g/mol. The van der Waals surface area contributed by atoms with Gasteiger partial charge in [0.1, 0.15) is 5.82 Å². The third-order valence-electron chi connectivity index (χ3n) is 6.45. The van der Waals surface area contributed by atoms with Crippen LogP contribution in [0.3, 0.4) is 0 Å². The number of piperazine rings is 1. The quantitative estimate of drug-likeness (QED) is 0.380. The van der Waals surface area contributed by atoms with Gasteiger partial charge in [-0.2, -0.15) is 0 Å². The molecule has 10 nitrogen and oxygen atoms in total. The number of rotatable bonds is 9. The summed E-state index contributed by atoms with van der Waals surface area (Å²) in [6.45, 7) is 4.89. The molecular formula is C24H31FN6O4S. The lowest BCUT2D eigenvalue weighted by Crippen LogP contribution is -2.51. The molecule has 1 aliphatic rings. The number of anilines is 2. The summed E-state index contributed by atoms with van der Waals surface area (Å²) in [5.74, 6) is -0.633. The highest BCUT2D eigenvalue weighted by Crippen LogP contribution is 2.28. The first-order valence-electron chi connectivity index (χ1n) is 11.9. The molecule has 0 saturated carbocycles. The number of hydrogen-bond acceptors (Lipinski definition) is 9. The number of amides is 1. The predicted octanol–water partition coefficient (Wildman–Crippen LogP) is 0.801. The lowest BCUT2D eigenvalue weighted by atomic mass is 10.1. The number of thiazole rings is 1. The van der Waals surface area contributed by atoms with Crippen molar-refractivity contribution in [3.05, 3.63) is 39.8 Å². The van der Waals surface area contributed by atoms with E-state index in [-0.39, 0.29) is 44.2 Å². The highest BCUT2D eigenvalue weighted by atomic mass is 32.1. The van der Waals surface area contributed by atoms with Crippen LogP contribution in [0.25, 0.3) is 22.2 Å². The van der Waals surface area contributed by atoms with Gasteiger partial charge in [-0.15, -0.1) is 11.3 Å². The third-order valence-corrected chi connectivity index (χ3v) is 7.13. The first kappa shape index (κ1) is 26.0. The van der Waals surface area contributed by atoms with Gasteiger partial charge in [-0.05, 0) is 19.1 Å². The van der Waals surface area contributed by atoms with Crippen LogP contribution in [-0.4, -0.2) is 94.5 Å². The summed E-state index contributed by atoms with van der Waals surface area (Å²) in [7, 11) is 0. The van der Waals surface area contributed by atoms with Crippen molar-refractivity contribution in [2.75, 3.05) is 69.7 Å². The molecule has 0 unspecified atom stereocenters. The number of carbonyl (C=O) groups is 1. The van der Waals surface area contributed by atoms with E-state index in [4.69, 9.17) is 15.9 Å². The molecule has 4 rings (SSSR count). The van der Waals surface area contributed by atoms with E-state index in [1.165, 1.54) is 22.3 Å². The Labute approximate surface area is 212 Å². The zero-order chi connectivity index (χ0) is 25.8. The Bertz CT molecular complexity index is 1280. The minimum atomic E-state index is -0.473. The minimum absolute atomic E-state index is 0.159. The SMILES string of the molecule is CCn1cc(-c2csc(N)n2)c(=O)c2cc(F)c(N3CCN(CC(=O)N(CCO)CCO)CC3)cc21. The van der Waals surface area contributed by atoms with Crippen LogP contribution in [0.2, 0.25) is 0 Å². The number of pyridine rings is 1. The molecule has 1 fully saturated rings. The molecule has 0 spiro atoms. The molecule has 0 atom stereocenters. The van der Waals surface area contributed by atoms with Crippen molar-refractivity contribution >= 4 is 39.0 Å². The number of hydrogen-bond donors (Lipinski definition) is 3. The van der Waals surface area contributed by atoms with Crippen LogP contribution in [0, 0.1) is 5.82 Å². The van der Waals surface area contributed by atoms with E-state index in [0.717, 1.165) is 0 Å². The van der Waals surface area contributed by atoms with Crippen molar-refractivity contribution in [2.45, 2.75) is 13.5 Å². The maximum absolute atomic E-state index is 15.3. The molecule has 1 aromatic carbocycles. The largest absolute Gasteiger partial charge is 0.395 e. The van der Waals surface area contributed by atoms with Gasteiger partial charge in [-0.3, -0.25) is 14.5 Å². The Morgan fingerprint density at radius 2 is 1.89 bits per heavy atom. The Balaban J connectivity index is 1.54. The second kappa shape index (κ2) is 11.3. The Morgan fingerprint density at radius 3 is 2.47 bits per heavy atom. The van der Waals surface area contributed by atoms with Gasteiger partial charge in [0.05, 0.1) is 42.2 Å². The average molecular weight is 519 g/mol. The van der Waals surface area contributed by atoms with Crippen LogP contribution >= 0.6 is 11.3 Å². The summed E-state index contributed by atoms with van der Waals surface area (Å²) in [6.07, 6.45) is 1.74. The second-order valence-electron chi connectivity index (χ2n) is 8.64. The first-order valence-corrected chi connectivity index (χ1v) is 12.8. The van der Waals surface area contributed by atoms with Gasteiger partial charge in [0.25, 0.3) is 0 Å². The Kier molecular flexibility index (Phi) is 8.19. The minimum Gasteiger partial charge on any atom is -0.395 e. The summed E-state index contributed by atoms with van der Waals surface area (Å²) in [5, 5.41) is 20.7. The Hall–Kier alpha value is -3.06. The Morgan fingerprint density at radius 1 is 1.19 bits per heavy atom. The van der Waals surface area contributed by atoms with Gasteiger partial charge in [0.15, 0.2) is 10.6 Å². The van der Waals surface area contributed by atoms with Gasteiger partial charge in [0.2, 0.25) is 5.91 Å². The van der Waals surface area contributed by atoms with Crippen LogP contribution in [0.5, 0.6) is 0 Å². The number of benzene rings is 1. The van der Waals surface area contributed by atoms with Crippen LogP contribution in [-0.2, 0) is 11.3 Å². The van der Waals surface area contributed by atoms with Crippen LogP contribution in [0.1, 0.15) is 6.92 Å². The van der Waals surface area contributed by atoms with Crippen LogP contribution in [0.15, 0.2) is 28.5 Å². The van der Waals surface area contributed by atoms with Crippen molar-refractivity contribution in [3.63, 3.8) is 0 Å². The summed E-state index contributed by atoms with van der Waals surface area (Å²) in [5.41, 5.74) is 7.39. The van der Waals surface area contributed by atoms with Crippen molar-refractivity contribution < 1.29 is 19.4 Å². The molecule has 0 radical (unpaired) electrons. The lowest BCUT2D eigenvalue weighted by molar-refractivity contribution is -0.133. The summed E-state index contributed by atoms with van der Waals surface area (Å²) < 4.78 is 17.2. The number of nitrogens with two attached hydrogens (primary N) is 1. The van der Waals surface area contributed by atoms with Crippen molar-refractivity contribution in [3.8, 4) is 11.3 Å². The first-order chi connectivity index (χ1) is 17.4. The van der Waals surface area contributed by atoms with Gasteiger partial charge in [-0.25, -0.2) is 9.37 Å². The topological polar surface area (TPSA) is 128 Å². The standard InChI is InChI=1S/C24H31FN6O4S/c1-2-29-13-17(19-15-36-24(26)27-19)23(35)16-11-18(25)21(12-20(16)29)30-5-3-28(4-6-30)14-22(34)31(7-9-32)8-10-33/h11-13,15,32-33H,2-10,14H2,1H3,(H2,26,27). The summed E-state index contributed by atoms with van der Waals surface area (Å²) >= 11 is 1.25. The molecule has 3 aromatic rings. The van der Waals surface area contributed by atoms with Gasteiger partial charge in [-0.1, -0.05) is 0 Å². The van der Waals surface area contributed by atoms with E-state index in [0.29, 0.717) is 65.7 Å². The maximum atomic E-state index is 15.3. The number of nitrogen functional groups attached to an aromatic ring is 1. The molecule has 36 heavy (non-hydrogen) atoms. The average Bonchev–Trinajstić information content (AvgIpc) is 3.30. The maximum Gasteiger partial charge on any atom is 0.236 e. The molecule has 1 amide bonds. The lowest BCUT2D eigenvalue weighted by Gasteiger charge is -2.36. The highest BCUT2D eigenvalue weighted by molar-refractivity contribution is 7.13. The number of carbonyl (C=O) groups excluding carboxylic acids is 1. The number of aliphatic hydroxyl groups excluding tert-OH is 2. The molecule has 1 saturated heterocycles. The number of halogens is 1. The smallest absolute Gasteiger partial charge is 0.236 e. The van der Waals surface area contributed by atoms with E-state index in [2.05, 4.69) is 4.98 Å². The number of fused-ring (bicyclic) bond motifs is 1. The van der Waals surface area contributed by atoms with Gasteiger partial charge >= 0.3 is 0 Å². The normalized spacial score (nSPS) is 14.5. The summed E-state index contributed by atoms with van der Waals surface area (Å²) in [6, 6.07) is 3.02. The molecule has 2 aromatic heterocycles. The molecule has 1 aliphatic heterocycles. The second-order valence-corrected chi connectivity index (χ2v) is 9.53. The molecule has 3 heterocycles. The fourth-order valence-corrected chi connectivity index (χ4v) is 5.10. The van der Waals surface area contributed by atoms with E-state index in [9.17, 15) is 9.59 Å². The van der Waals surface area contributed by atoms with Crippen molar-refractivity contribution in [1.82, 2.24) is 19.4 Å². The van der Waals surface area contributed by atoms with Crippen LogP contribution < -0.4 is 16.1 Å². The van der Waals surface area contributed by atoms with E-state index in [1.54, 1.807) is 17.6 Å². The summed E-state index contributed by atoms with van der Waals surface area (Å²) in [4.78, 5) is 35.3. The number of aromatic nitrogens is 2. The molecule has 0 aliphatic carbocycles. The zero-order valence-electron chi connectivity index (χ0n) is 20.2. The van der Waals surface area contributed by atoms with Gasteiger partial charge < -0.3 is 30.3 Å². The highest BCUT2D eigenvalue weighted by Gasteiger charge is 2.24. The fraction of sp³-hybridized carbons (Fsp3) is 0.458. The molecule has 4 N–H and O–H groups in total.